The van der Waals surface area contributed by atoms with Crippen molar-refractivity contribution in [2.75, 3.05) is 53.0 Å². The van der Waals surface area contributed by atoms with Crippen molar-refractivity contribution in [1.29, 1.82) is 0 Å². The maximum absolute atomic E-state index is 10.4. The Morgan fingerprint density at radius 3 is 2.31 bits per heavy atom. The van der Waals surface area contributed by atoms with Crippen LogP contribution in [0.3, 0.4) is 0 Å². The van der Waals surface area contributed by atoms with Gasteiger partial charge in [0.1, 0.15) is 6.61 Å². The first-order chi connectivity index (χ1) is 7.68. The summed E-state index contributed by atoms with van der Waals surface area (Å²) in [7, 11) is 2.13. The lowest BCUT2D eigenvalue weighted by molar-refractivity contribution is -0.122. The fourth-order valence-corrected chi connectivity index (χ4v) is 1.44. The molecule has 2 N–H and O–H groups in total. The highest BCUT2D eigenvalue weighted by atomic mass is 16.5. The van der Waals surface area contributed by atoms with Crippen LogP contribution in [-0.4, -0.2) is 68.7 Å². The molecule has 0 radical (unpaired) electrons. The predicted molar refractivity (Wildman–Crippen MR) is 65.3 cm³/mol. The number of nitrogens with two attached hydrogens (primary N) is 1. The Labute approximate surface area is 98.5 Å². The number of rotatable bonds is 5. The topological polar surface area (TPSA) is 58.8 Å². The molecule has 0 spiro atoms. The van der Waals surface area contributed by atoms with E-state index >= 15 is 0 Å². The molecule has 16 heavy (non-hydrogen) atoms. The summed E-state index contributed by atoms with van der Waals surface area (Å²) in [6.07, 6.45) is 0. The third kappa shape index (κ3) is 7.62. The molecule has 0 aromatic rings. The lowest BCUT2D eigenvalue weighted by Crippen LogP contribution is -2.45. The van der Waals surface area contributed by atoms with Crippen LogP contribution >= 0.6 is 0 Å². The van der Waals surface area contributed by atoms with Crippen LogP contribution < -0.4 is 5.73 Å². The smallest absolute Gasteiger partial charge is 0.243 e. The van der Waals surface area contributed by atoms with Gasteiger partial charge in [-0.2, -0.15) is 0 Å². The Kier molecular flexibility index (Phi) is 9.18. The maximum Gasteiger partial charge on any atom is 0.243 e. The molecule has 0 aromatic carbocycles. The van der Waals surface area contributed by atoms with Crippen LogP contribution in [0.15, 0.2) is 0 Å². The third-order valence-electron chi connectivity index (χ3n) is 2.39. The zero-order valence-corrected chi connectivity index (χ0v) is 10.7. The number of piperazine rings is 1. The summed E-state index contributed by atoms with van der Waals surface area (Å²) in [6, 6.07) is 0. The van der Waals surface area contributed by atoms with Gasteiger partial charge in [0.15, 0.2) is 0 Å². The van der Waals surface area contributed by atoms with Gasteiger partial charge in [0.05, 0.1) is 6.61 Å². The molecule has 96 valence electrons. The van der Waals surface area contributed by atoms with Gasteiger partial charge >= 0.3 is 0 Å². The minimum atomic E-state index is -0.400. The van der Waals surface area contributed by atoms with Crippen LogP contribution in [0, 0.1) is 0 Å². The summed E-state index contributed by atoms with van der Waals surface area (Å²) in [6.45, 7) is 9.89. The quantitative estimate of drug-likeness (QED) is 0.664. The van der Waals surface area contributed by atoms with Crippen LogP contribution in [0.1, 0.15) is 13.8 Å². The first-order valence-corrected chi connectivity index (χ1v) is 5.95. The Hall–Kier alpha value is -0.650. The Bertz CT molecular complexity index is 180. The van der Waals surface area contributed by atoms with Gasteiger partial charge in [0.2, 0.25) is 5.91 Å². The molecule has 0 bridgehead atoms. The first-order valence-electron chi connectivity index (χ1n) is 5.95. The molecule has 5 heteroatoms. The van der Waals surface area contributed by atoms with Crippen molar-refractivity contribution in [3.8, 4) is 0 Å². The van der Waals surface area contributed by atoms with Gasteiger partial charge in [-0.15, -0.1) is 0 Å². The number of ether oxygens (including phenoxy) is 1. The molecule has 0 aliphatic carbocycles. The van der Waals surface area contributed by atoms with E-state index in [1.807, 2.05) is 13.8 Å². The van der Waals surface area contributed by atoms with Crippen LogP contribution in [0.25, 0.3) is 0 Å². The van der Waals surface area contributed by atoms with Gasteiger partial charge in [-0.1, -0.05) is 13.8 Å². The summed E-state index contributed by atoms with van der Waals surface area (Å²) in [5.74, 6) is -0.400. The Balaban J connectivity index is 0.00000106. The normalized spacial score (nSPS) is 17.7. The highest BCUT2D eigenvalue weighted by Gasteiger charge is 2.12. The van der Waals surface area contributed by atoms with Gasteiger partial charge < -0.3 is 15.4 Å². The molecular formula is C11H25N3O2. The molecule has 1 rings (SSSR count). The van der Waals surface area contributed by atoms with Gasteiger partial charge in [-0.25, -0.2) is 0 Å². The van der Waals surface area contributed by atoms with Crippen molar-refractivity contribution in [1.82, 2.24) is 9.80 Å². The molecule has 1 heterocycles. The number of hydrogen-bond acceptors (Lipinski definition) is 4. The summed E-state index contributed by atoms with van der Waals surface area (Å²) < 4.78 is 5.09. The van der Waals surface area contributed by atoms with E-state index in [0.717, 1.165) is 32.7 Å². The summed E-state index contributed by atoms with van der Waals surface area (Å²) >= 11 is 0. The number of carbonyl (C=O) groups excluding carboxylic acids is 1. The molecule has 0 unspecified atom stereocenters. The average molecular weight is 231 g/mol. The van der Waals surface area contributed by atoms with Crippen molar-refractivity contribution in [2.24, 2.45) is 5.73 Å². The van der Waals surface area contributed by atoms with Crippen LogP contribution in [-0.2, 0) is 9.53 Å². The number of nitrogens with zero attached hydrogens (tertiary/aromatic N) is 2. The number of primary amides is 1. The Morgan fingerprint density at radius 2 is 1.81 bits per heavy atom. The zero-order valence-electron chi connectivity index (χ0n) is 10.7. The van der Waals surface area contributed by atoms with Gasteiger partial charge in [0, 0.05) is 32.7 Å². The van der Waals surface area contributed by atoms with Crippen molar-refractivity contribution in [3.63, 3.8) is 0 Å². The highest BCUT2D eigenvalue weighted by Crippen LogP contribution is 1.97. The predicted octanol–water partition coefficient (Wildman–Crippen LogP) is -0.238. The molecule has 1 aliphatic heterocycles. The van der Waals surface area contributed by atoms with Crippen molar-refractivity contribution >= 4 is 5.91 Å². The average Bonchev–Trinajstić information content (AvgIpc) is 2.29. The van der Waals surface area contributed by atoms with E-state index in [2.05, 4.69) is 16.8 Å². The van der Waals surface area contributed by atoms with Crippen molar-refractivity contribution in [2.45, 2.75) is 13.8 Å². The second-order valence-electron chi connectivity index (χ2n) is 3.66. The largest absolute Gasteiger partial charge is 0.370 e. The SMILES string of the molecule is CC.CN1CCN(CCOCC(N)=O)CC1. The molecular weight excluding hydrogens is 206 g/mol. The van der Waals surface area contributed by atoms with Gasteiger partial charge in [-0.3, -0.25) is 9.69 Å². The van der Waals surface area contributed by atoms with Crippen molar-refractivity contribution in [3.05, 3.63) is 0 Å². The third-order valence-corrected chi connectivity index (χ3v) is 2.39. The number of amides is 1. The number of carbonyl (C=O) groups is 1. The monoisotopic (exact) mass is 231 g/mol. The summed E-state index contributed by atoms with van der Waals surface area (Å²) in [5, 5.41) is 0. The molecule has 0 aromatic heterocycles. The van der Waals surface area contributed by atoms with Gasteiger partial charge in [0.25, 0.3) is 0 Å². The lowest BCUT2D eigenvalue weighted by atomic mass is 10.3. The molecule has 1 saturated heterocycles. The van der Waals surface area contributed by atoms with E-state index in [4.69, 9.17) is 10.5 Å². The second kappa shape index (κ2) is 9.57. The Morgan fingerprint density at radius 1 is 1.25 bits per heavy atom. The molecule has 1 fully saturated rings. The highest BCUT2D eigenvalue weighted by molar-refractivity contribution is 5.74. The van der Waals surface area contributed by atoms with Crippen LogP contribution in [0.5, 0.6) is 0 Å². The van der Waals surface area contributed by atoms with Gasteiger partial charge in [-0.05, 0) is 7.05 Å². The summed E-state index contributed by atoms with van der Waals surface area (Å²) in [4.78, 5) is 15.0. The van der Waals surface area contributed by atoms with Crippen molar-refractivity contribution < 1.29 is 9.53 Å². The van der Waals surface area contributed by atoms with E-state index in [0.29, 0.717) is 6.61 Å². The van der Waals surface area contributed by atoms with Crippen LogP contribution in [0.4, 0.5) is 0 Å². The first kappa shape index (κ1) is 15.3. The minimum Gasteiger partial charge on any atom is -0.370 e. The minimum absolute atomic E-state index is 0.0355. The van der Waals surface area contributed by atoms with E-state index in [-0.39, 0.29) is 6.61 Å². The van der Waals surface area contributed by atoms with E-state index in [9.17, 15) is 4.79 Å². The molecule has 5 nitrogen and oxygen atoms in total. The molecule has 0 atom stereocenters. The lowest BCUT2D eigenvalue weighted by Gasteiger charge is -2.32. The number of likely N-dealkylation sites (N-methyl/N-ethyl adjacent to an activating group) is 1. The zero-order chi connectivity index (χ0) is 12.4. The molecule has 0 saturated carbocycles. The van der Waals surface area contributed by atoms with E-state index < -0.39 is 5.91 Å². The molecule has 1 amide bonds. The van der Waals surface area contributed by atoms with E-state index in [1.54, 1.807) is 0 Å². The second-order valence-corrected chi connectivity index (χ2v) is 3.66. The molecule has 1 aliphatic rings. The maximum atomic E-state index is 10.4. The fourth-order valence-electron chi connectivity index (χ4n) is 1.44. The summed E-state index contributed by atoms with van der Waals surface area (Å²) in [5.41, 5.74) is 4.95. The standard InChI is InChI=1S/C9H19N3O2.C2H6/c1-11-2-4-12(5-3-11)6-7-14-8-9(10)13;1-2/h2-8H2,1H3,(H2,10,13);1-2H3. The fraction of sp³-hybridized carbons (Fsp3) is 0.909. The van der Waals surface area contributed by atoms with E-state index in [1.165, 1.54) is 0 Å². The van der Waals surface area contributed by atoms with Crippen LogP contribution in [0.2, 0.25) is 0 Å². The number of hydrogen-bond donors (Lipinski definition) is 1.